The number of aryl methyl sites for hydroxylation is 4. The van der Waals surface area contributed by atoms with E-state index in [2.05, 4.69) is 27.7 Å². The number of hydrogen-bond donors (Lipinski definition) is 2. The minimum atomic E-state index is 0.403. The van der Waals surface area contributed by atoms with Crippen LogP contribution in [0.15, 0.2) is 24.3 Å². The largest absolute Gasteiger partial charge is 0.508 e. The molecule has 0 aliphatic heterocycles. The van der Waals surface area contributed by atoms with Gasteiger partial charge >= 0.3 is 0 Å². The number of phenolic OH excluding ortho intramolecular Hbond substituents is 2. The summed E-state index contributed by atoms with van der Waals surface area (Å²) in [5.74, 6) is 0.807. The smallest absolute Gasteiger partial charge is 0.116 e. The first-order chi connectivity index (χ1) is 16.5. The molecule has 0 bridgehead atoms. The number of aromatic hydroxyl groups is 2. The summed E-state index contributed by atoms with van der Waals surface area (Å²) in [4.78, 5) is 0. The summed E-state index contributed by atoms with van der Waals surface area (Å²) in [6.07, 6.45) is 18.2. The third-order valence-electron chi connectivity index (χ3n) is 7.02. The summed E-state index contributed by atoms with van der Waals surface area (Å²) in [6.45, 7) is 8.99. The highest BCUT2D eigenvalue weighted by molar-refractivity contribution is 5.79. The minimum Gasteiger partial charge on any atom is -0.508 e. The van der Waals surface area contributed by atoms with Crippen LogP contribution in [-0.4, -0.2) is 10.2 Å². The van der Waals surface area contributed by atoms with Crippen LogP contribution in [0.4, 0.5) is 0 Å². The van der Waals surface area contributed by atoms with Gasteiger partial charge in [0.1, 0.15) is 11.5 Å². The average Bonchev–Trinajstić information content (AvgIpc) is 2.80. The second kappa shape index (κ2) is 15.8. The lowest BCUT2D eigenvalue weighted by atomic mass is 9.82. The highest BCUT2D eigenvalue weighted by atomic mass is 16.3. The third-order valence-corrected chi connectivity index (χ3v) is 7.02. The molecule has 0 spiro atoms. The Labute approximate surface area is 209 Å². The van der Waals surface area contributed by atoms with Crippen molar-refractivity contribution in [3.63, 3.8) is 0 Å². The first-order valence-corrected chi connectivity index (χ1v) is 14.2. The van der Waals surface area contributed by atoms with E-state index in [0.717, 1.165) is 51.4 Å². The van der Waals surface area contributed by atoms with Crippen molar-refractivity contribution < 1.29 is 10.2 Å². The van der Waals surface area contributed by atoms with E-state index in [0.29, 0.717) is 11.5 Å². The standard InChI is InChI=1S/C32H50O2/c1-5-9-13-17-25-21-29(33)22-26(18-14-10-6-2)31(25)32-27(19-15-11-7-3)23-30(34)24-28(32)20-16-12-8-4/h21-24,33-34H,5-20H2,1-4H3. The van der Waals surface area contributed by atoms with Crippen molar-refractivity contribution in [1.29, 1.82) is 0 Å². The Bertz CT molecular complexity index is 719. The molecular weight excluding hydrogens is 416 g/mol. The van der Waals surface area contributed by atoms with Crippen LogP contribution in [0.3, 0.4) is 0 Å². The Balaban J connectivity index is 2.69. The predicted molar refractivity (Wildman–Crippen MR) is 148 cm³/mol. The van der Waals surface area contributed by atoms with E-state index in [1.54, 1.807) is 0 Å². The van der Waals surface area contributed by atoms with Gasteiger partial charge in [0, 0.05) is 0 Å². The maximum absolute atomic E-state index is 10.7. The van der Waals surface area contributed by atoms with Crippen molar-refractivity contribution in [3.05, 3.63) is 46.5 Å². The highest BCUT2D eigenvalue weighted by Crippen LogP contribution is 2.40. The van der Waals surface area contributed by atoms with Crippen molar-refractivity contribution in [2.24, 2.45) is 0 Å². The SMILES string of the molecule is CCCCCc1cc(O)cc(CCCCC)c1-c1c(CCCCC)cc(O)cc1CCCCC. The Kier molecular flexibility index (Phi) is 13.2. The van der Waals surface area contributed by atoms with Crippen LogP contribution in [0.2, 0.25) is 0 Å². The van der Waals surface area contributed by atoms with E-state index < -0.39 is 0 Å². The van der Waals surface area contributed by atoms with Gasteiger partial charge in [0.25, 0.3) is 0 Å². The van der Waals surface area contributed by atoms with Crippen LogP contribution >= 0.6 is 0 Å². The lowest BCUT2D eigenvalue weighted by Gasteiger charge is -2.23. The van der Waals surface area contributed by atoms with Crippen LogP contribution in [0.25, 0.3) is 11.1 Å². The Morgan fingerprint density at radius 1 is 0.412 bits per heavy atom. The molecule has 34 heavy (non-hydrogen) atoms. The van der Waals surface area contributed by atoms with Crippen LogP contribution < -0.4 is 0 Å². The zero-order valence-corrected chi connectivity index (χ0v) is 22.5. The molecule has 0 atom stereocenters. The zero-order chi connectivity index (χ0) is 24.8. The number of unbranched alkanes of at least 4 members (excludes halogenated alkanes) is 8. The van der Waals surface area contributed by atoms with Gasteiger partial charge in [-0.3, -0.25) is 0 Å². The molecule has 2 aromatic carbocycles. The summed E-state index contributed by atoms with van der Waals surface area (Å²) in [7, 11) is 0. The Morgan fingerprint density at radius 2 is 0.647 bits per heavy atom. The van der Waals surface area contributed by atoms with Gasteiger partial charge < -0.3 is 10.2 Å². The maximum Gasteiger partial charge on any atom is 0.116 e. The van der Waals surface area contributed by atoms with E-state index >= 15 is 0 Å². The molecular formula is C32H50O2. The highest BCUT2D eigenvalue weighted by Gasteiger charge is 2.20. The second-order valence-electron chi connectivity index (χ2n) is 10.1. The molecule has 2 N–H and O–H groups in total. The molecule has 0 saturated heterocycles. The number of hydrogen-bond acceptors (Lipinski definition) is 2. The average molecular weight is 467 g/mol. The summed E-state index contributed by atoms with van der Waals surface area (Å²) in [6, 6.07) is 8.08. The van der Waals surface area contributed by atoms with E-state index in [-0.39, 0.29) is 0 Å². The van der Waals surface area contributed by atoms with Crippen molar-refractivity contribution in [2.45, 2.75) is 130 Å². The lowest BCUT2D eigenvalue weighted by Crippen LogP contribution is -2.04. The van der Waals surface area contributed by atoms with Crippen LogP contribution in [-0.2, 0) is 25.7 Å². The molecule has 0 saturated carbocycles. The molecule has 0 fully saturated rings. The predicted octanol–water partition coefficient (Wildman–Crippen LogP) is 9.70. The van der Waals surface area contributed by atoms with Gasteiger partial charge in [0.05, 0.1) is 0 Å². The first-order valence-electron chi connectivity index (χ1n) is 14.2. The van der Waals surface area contributed by atoms with Crippen LogP contribution in [0.1, 0.15) is 127 Å². The van der Waals surface area contributed by atoms with Crippen molar-refractivity contribution in [3.8, 4) is 22.6 Å². The Morgan fingerprint density at radius 3 is 0.853 bits per heavy atom. The normalized spacial score (nSPS) is 11.3. The summed E-state index contributed by atoms with van der Waals surface area (Å²) in [5, 5.41) is 21.3. The van der Waals surface area contributed by atoms with Gasteiger partial charge in [0.2, 0.25) is 0 Å². The fourth-order valence-corrected chi connectivity index (χ4v) is 5.19. The Hall–Kier alpha value is -1.96. The van der Waals surface area contributed by atoms with E-state index in [4.69, 9.17) is 0 Å². The molecule has 0 unspecified atom stereocenters. The fraction of sp³-hybridized carbons (Fsp3) is 0.625. The molecule has 2 heteroatoms. The summed E-state index contributed by atoms with van der Waals surface area (Å²) in [5.41, 5.74) is 7.89. The molecule has 0 heterocycles. The first kappa shape index (κ1) is 28.3. The number of rotatable bonds is 17. The topological polar surface area (TPSA) is 40.5 Å². The molecule has 2 nitrogen and oxygen atoms in total. The molecule has 0 aromatic heterocycles. The molecule has 190 valence electrons. The summed E-state index contributed by atoms with van der Waals surface area (Å²) >= 11 is 0. The quantitative estimate of drug-likeness (QED) is 0.228. The van der Waals surface area contributed by atoms with E-state index in [1.165, 1.54) is 84.7 Å². The number of phenols is 2. The van der Waals surface area contributed by atoms with Crippen LogP contribution in [0.5, 0.6) is 11.5 Å². The maximum atomic E-state index is 10.7. The third kappa shape index (κ3) is 8.67. The molecule has 2 aromatic rings. The number of benzene rings is 2. The second-order valence-corrected chi connectivity index (χ2v) is 10.1. The van der Waals surface area contributed by atoms with E-state index in [9.17, 15) is 10.2 Å². The minimum absolute atomic E-state index is 0.403. The molecule has 0 aliphatic rings. The van der Waals surface area contributed by atoms with Crippen LogP contribution in [0, 0.1) is 0 Å². The lowest BCUT2D eigenvalue weighted by molar-refractivity contribution is 0.472. The van der Waals surface area contributed by atoms with Gasteiger partial charge in [-0.1, -0.05) is 79.1 Å². The molecule has 0 aliphatic carbocycles. The van der Waals surface area contributed by atoms with Gasteiger partial charge in [-0.2, -0.15) is 0 Å². The van der Waals surface area contributed by atoms with Gasteiger partial charge in [-0.15, -0.1) is 0 Å². The monoisotopic (exact) mass is 466 g/mol. The van der Waals surface area contributed by atoms with Crippen molar-refractivity contribution >= 4 is 0 Å². The fourth-order valence-electron chi connectivity index (χ4n) is 5.19. The van der Waals surface area contributed by atoms with Gasteiger partial charge in [0.15, 0.2) is 0 Å². The molecule has 0 amide bonds. The van der Waals surface area contributed by atoms with Gasteiger partial charge in [-0.05, 0) is 109 Å². The molecule has 0 radical (unpaired) electrons. The van der Waals surface area contributed by atoms with Gasteiger partial charge in [-0.25, -0.2) is 0 Å². The summed E-state index contributed by atoms with van der Waals surface area (Å²) < 4.78 is 0. The van der Waals surface area contributed by atoms with E-state index in [1.807, 2.05) is 24.3 Å². The van der Waals surface area contributed by atoms with Crippen molar-refractivity contribution in [2.75, 3.05) is 0 Å². The zero-order valence-electron chi connectivity index (χ0n) is 22.5. The van der Waals surface area contributed by atoms with Crippen molar-refractivity contribution in [1.82, 2.24) is 0 Å². The molecule has 2 rings (SSSR count).